The van der Waals surface area contributed by atoms with Crippen LogP contribution in [0.3, 0.4) is 0 Å². The van der Waals surface area contributed by atoms with Gasteiger partial charge in [0.25, 0.3) is 0 Å². The number of nitrogens with two attached hydrogens (primary N) is 1. The van der Waals surface area contributed by atoms with Crippen molar-refractivity contribution in [1.82, 2.24) is 15.5 Å². The number of aliphatic hydroxyl groups is 2. The third kappa shape index (κ3) is 8.10. The highest BCUT2D eigenvalue weighted by Crippen LogP contribution is 2.55. The zero-order valence-corrected chi connectivity index (χ0v) is 29.5. The molecule has 4 heterocycles. The Balaban J connectivity index is 1.38. The van der Waals surface area contributed by atoms with Gasteiger partial charge in [-0.25, -0.2) is 4.79 Å². The fourth-order valence-electron chi connectivity index (χ4n) is 9.27. The van der Waals surface area contributed by atoms with E-state index in [9.17, 15) is 24.6 Å². The average molecular weight is 677 g/mol. The monoisotopic (exact) mass is 676 g/mol. The highest BCUT2D eigenvalue weighted by molar-refractivity contribution is 5.88. The molecular formula is C36H60N4O8. The Morgan fingerprint density at radius 3 is 2.58 bits per heavy atom. The number of likely N-dealkylation sites (tertiary alicyclic amines) is 1. The lowest BCUT2D eigenvalue weighted by molar-refractivity contribution is -0.209. The van der Waals surface area contributed by atoms with Gasteiger partial charge in [-0.2, -0.15) is 0 Å². The van der Waals surface area contributed by atoms with Gasteiger partial charge in [0.2, 0.25) is 5.91 Å². The Morgan fingerprint density at radius 1 is 1.12 bits per heavy atom. The molecule has 4 aliphatic heterocycles. The average Bonchev–Trinajstić information content (AvgIpc) is 3.38. The maximum atomic E-state index is 13.5. The molecule has 0 spiro atoms. The maximum absolute atomic E-state index is 13.5. The number of rotatable bonds is 14. The van der Waals surface area contributed by atoms with Gasteiger partial charge in [0.05, 0.1) is 18.2 Å². The molecule has 0 aromatic rings. The molecule has 1 saturated carbocycles. The van der Waals surface area contributed by atoms with Gasteiger partial charge in [0.15, 0.2) is 0 Å². The summed E-state index contributed by atoms with van der Waals surface area (Å²) in [5.74, 6) is 0.329. The summed E-state index contributed by atoms with van der Waals surface area (Å²) < 4.78 is 19.5. The van der Waals surface area contributed by atoms with E-state index in [1.165, 1.54) is 0 Å². The van der Waals surface area contributed by atoms with Crippen LogP contribution in [0.5, 0.6) is 0 Å². The number of piperidine rings is 1. The van der Waals surface area contributed by atoms with E-state index in [2.05, 4.69) is 10.6 Å². The van der Waals surface area contributed by atoms with E-state index < -0.39 is 17.2 Å². The number of esters is 2. The molecule has 5 aliphatic rings. The summed E-state index contributed by atoms with van der Waals surface area (Å²) in [6.07, 6.45) is 7.06. The van der Waals surface area contributed by atoms with E-state index in [0.29, 0.717) is 63.0 Å². The second-order valence-corrected chi connectivity index (χ2v) is 15.7. The largest absolute Gasteiger partial charge is 0.462 e. The van der Waals surface area contributed by atoms with Crippen LogP contribution in [0, 0.1) is 35.5 Å². The minimum absolute atomic E-state index is 0.0477. The predicted octanol–water partition coefficient (Wildman–Crippen LogP) is 1.86. The van der Waals surface area contributed by atoms with E-state index in [4.69, 9.17) is 19.9 Å². The SMILES string of the molecule is CC=C(CCO)C(=O)OC(C)(C)C1(CC2CC(N)NCC2CC(=O)N2CC(CNC)C2)CC2CC3CC(CCCO)C(=O)OC3CC2O1. The van der Waals surface area contributed by atoms with Crippen LogP contribution in [0.1, 0.15) is 85.0 Å². The Hall–Kier alpha value is -2.09. The molecule has 9 atom stereocenters. The van der Waals surface area contributed by atoms with Crippen molar-refractivity contribution in [2.75, 3.05) is 46.4 Å². The van der Waals surface area contributed by atoms with Gasteiger partial charge in [-0.15, -0.1) is 0 Å². The summed E-state index contributed by atoms with van der Waals surface area (Å²) in [7, 11) is 1.93. The molecular weight excluding hydrogens is 616 g/mol. The van der Waals surface area contributed by atoms with E-state index >= 15 is 0 Å². The van der Waals surface area contributed by atoms with Gasteiger partial charge in [-0.1, -0.05) is 6.08 Å². The molecule has 12 nitrogen and oxygen atoms in total. The lowest BCUT2D eigenvalue weighted by atomic mass is 9.66. The second kappa shape index (κ2) is 15.9. The molecule has 12 heteroatoms. The van der Waals surface area contributed by atoms with Crippen LogP contribution in [0.2, 0.25) is 0 Å². The van der Waals surface area contributed by atoms with Crippen molar-refractivity contribution in [2.45, 2.75) is 115 Å². The third-order valence-electron chi connectivity index (χ3n) is 12.1. The number of carbonyl (C=O) groups excluding carboxylic acids is 3. The summed E-state index contributed by atoms with van der Waals surface area (Å²) in [5.41, 5.74) is 5.00. The summed E-state index contributed by atoms with van der Waals surface area (Å²) in [4.78, 5) is 41.7. The molecule has 1 aliphatic carbocycles. The molecule has 9 unspecified atom stereocenters. The lowest BCUT2D eigenvalue weighted by Gasteiger charge is -2.48. The predicted molar refractivity (Wildman–Crippen MR) is 179 cm³/mol. The standard InChI is InChI=1S/C36H60N4O8/c1-5-23(8-10-42)34(45)48-35(2,3)36(16-26-13-31(37)39-19-28(26)14-32(43)40-20-22(21-40)18-38-4)17-27-12-25-11-24(7-6-9-41)33(44)46-29(25)15-30(27)47-36/h5,22,24-31,38-39,41-42H,6-21,37H2,1-4H3. The van der Waals surface area contributed by atoms with Crippen LogP contribution in [-0.2, 0) is 28.6 Å². The number of allylic oxidation sites excluding steroid dienone is 1. The second-order valence-electron chi connectivity index (χ2n) is 15.7. The summed E-state index contributed by atoms with van der Waals surface area (Å²) in [6, 6.07) is 0. The molecule has 4 saturated heterocycles. The Kier molecular flexibility index (Phi) is 12.3. The van der Waals surface area contributed by atoms with Crippen LogP contribution < -0.4 is 16.4 Å². The van der Waals surface area contributed by atoms with Crippen molar-refractivity contribution in [2.24, 2.45) is 41.2 Å². The zero-order chi connectivity index (χ0) is 34.6. The number of aliphatic hydroxyl groups excluding tert-OH is 2. The highest BCUT2D eigenvalue weighted by atomic mass is 16.6. The fourth-order valence-corrected chi connectivity index (χ4v) is 9.27. The number of nitrogens with one attached hydrogen (secondary N) is 2. The Labute approximate surface area is 285 Å². The van der Waals surface area contributed by atoms with Crippen LogP contribution in [0.4, 0.5) is 0 Å². The van der Waals surface area contributed by atoms with Crippen molar-refractivity contribution < 1.29 is 38.8 Å². The number of ether oxygens (including phenoxy) is 3. The lowest BCUT2D eigenvalue weighted by Crippen LogP contribution is -2.58. The quantitative estimate of drug-likeness (QED) is 0.134. The minimum Gasteiger partial charge on any atom is -0.462 e. The number of amides is 1. The number of fused-ring (bicyclic) bond motifs is 2. The molecule has 5 fully saturated rings. The molecule has 5 rings (SSSR count). The van der Waals surface area contributed by atoms with Crippen molar-refractivity contribution in [3.05, 3.63) is 11.6 Å². The van der Waals surface area contributed by atoms with Crippen molar-refractivity contribution >= 4 is 17.8 Å². The van der Waals surface area contributed by atoms with E-state index in [1.807, 2.05) is 25.8 Å². The van der Waals surface area contributed by atoms with E-state index in [0.717, 1.165) is 32.5 Å². The maximum Gasteiger partial charge on any atom is 0.334 e. The van der Waals surface area contributed by atoms with Gasteiger partial charge >= 0.3 is 11.9 Å². The van der Waals surface area contributed by atoms with Gasteiger partial charge in [0.1, 0.15) is 17.3 Å². The van der Waals surface area contributed by atoms with Crippen LogP contribution in [-0.4, -0.2) is 109 Å². The molecule has 0 aromatic heterocycles. The van der Waals surface area contributed by atoms with Crippen molar-refractivity contribution in [3.8, 4) is 0 Å². The first-order chi connectivity index (χ1) is 22.9. The third-order valence-corrected chi connectivity index (χ3v) is 12.1. The molecule has 0 bridgehead atoms. The molecule has 1 amide bonds. The minimum atomic E-state index is -1.04. The fraction of sp³-hybridized carbons (Fsp3) is 0.861. The first kappa shape index (κ1) is 37.2. The van der Waals surface area contributed by atoms with Crippen LogP contribution >= 0.6 is 0 Å². The first-order valence-electron chi connectivity index (χ1n) is 18.3. The summed E-state index contributed by atoms with van der Waals surface area (Å²) >= 11 is 0. The van der Waals surface area contributed by atoms with Crippen LogP contribution in [0.15, 0.2) is 11.6 Å². The van der Waals surface area contributed by atoms with Crippen LogP contribution in [0.25, 0.3) is 0 Å². The van der Waals surface area contributed by atoms with Gasteiger partial charge in [-0.3, -0.25) is 9.59 Å². The van der Waals surface area contributed by atoms with Crippen molar-refractivity contribution in [3.63, 3.8) is 0 Å². The molecule has 272 valence electrons. The number of hydrogen-bond donors (Lipinski definition) is 5. The Morgan fingerprint density at radius 2 is 1.90 bits per heavy atom. The van der Waals surface area contributed by atoms with E-state index in [-0.39, 0.29) is 79.5 Å². The summed E-state index contributed by atoms with van der Waals surface area (Å²) in [6.45, 7) is 8.60. The molecule has 0 aromatic carbocycles. The first-order valence-corrected chi connectivity index (χ1v) is 18.3. The number of hydrogen-bond acceptors (Lipinski definition) is 11. The zero-order valence-electron chi connectivity index (χ0n) is 29.5. The van der Waals surface area contributed by atoms with Crippen molar-refractivity contribution in [1.29, 1.82) is 0 Å². The number of carbonyl (C=O) groups is 3. The molecule has 48 heavy (non-hydrogen) atoms. The number of nitrogens with zero attached hydrogens (tertiary/aromatic N) is 1. The summed E-state index contributed by atoms with van der Waals surface area (Å²) in [5, 5.41) is 25.5. The highest BCUT2D eigenvalue weighted by Gasteiger charge is 2.61. The van der Waals surface area contributed by atoms with Gasteiger partial charge in [0, 0.05) is 70.1 Å². The van der Waals surface area contributed by atoms with E-state index in [1.54, 1.807) is 13.0 Å². The molecule has 6 N–H and O–H groups in total. The van der Waals surface area contributed by atoms with Gasteiger partial charge < -0.3 is 45.7 Å². The normalized spacial score (nSPS) is 35.8. The smallest absolute Gasteiger partial charge is 0.334 e. The Bertz CT molecular complexity index is 1170. The topological polar surface area (TPSA) is 173 Å². The van der Waals surface area contributed by atoms with Gasteiger partial charge in [-0.05, 0) is 96.4 Å². The molecule has 0 radical (unpaired) electrons.